The predicted molar refractivity (Wildman–Crippen MR) is 101 cm³/mol. The zero-order valence-corrected chi connectivity index (χ0v) is 16.0. The zero-order valence-electron chi connectivity index (χ0n) is 15.0. The summed E-state index contributed by atoms with van der Waals surface area (Å²) in [5.74, 6) is 0.833. The number of carbonyl (C=O) groups excluding carboxylic acids is 1. The van der Waals surface area contributed by atoms with Gasteiger partial charge in [0.25, 0.3) is 0 Å². The van der Waals surface area contributed by atoms with Crippen LogP contribution in [0.1, 0.15) is 40.9 Å². The molecule has 0 radical (unpaired) electrons. The first-order valence-corrected chi connectivity index (χ1v) is 8.94. The topological polar surface area (TPSA) is 35.5 Å². The van der Waals surface area contributed by atoms with Crippen molar-refractivity contribution < 1.29 is 14.3 Å². The molecule has 0 saturated heterocycles. The maximum absolute atomic E-state index is 11.4. The molecular weight excluding hydrogens is 319 g/mol. The van der Waals surface area contributed by atoms with Crippen LogP contribution in [0.2, 0.25) is 0 Å². The van der Waals surface area contributed by atoms with E-state index in [0.717, 1.165) is 34.0 Å². The van der Waals surface area contributed by atoms with Crippen LogP contribution in [0.3, 0.4) is 0 Å². The van der Waals surface area contributed by atoms with Crippen LogP contribution < -0.4 is 10.0 Å². The first-order chi connectivity index (χ1) is 11.4. The molecule has 0 spiro atoms. The van der Waals surface area contributed by atoms with Crippen LogP contribution in [0, 0.1) is 13.8 Å². The van der Waals surface area contributed by atoms with Crippen molar-refractivity contribution in [2.75, 3.05) is 13.9 Å². The van der Waals surface area contributed by atoms with Gasteiger partial charge in [-0.25, -0.2) is 0 Å². The molecular formula is C20H25O3P. The molecule has 0 aliphatic rings. The molecule has 0 N–H and O–H groups in total. The number of benzene rings is 2. The Labute approximate surface area is 146 Å². The van der Waals surface area contributed by atoms with Crippen LogP contribution in [0.25, 0.3) is 0 Å². The third-order valence-corrected chi connectivity index (χ3v) is 5.54. The third kappa shape index (κ3) is 4.43. The smallest absolute Gasteiger partial charge is 0.188 e. The van der Waals surface area contributed by atoms with Gasteiger partial charge in [0.15, 0.2) is 13.1 Å². The lowest BCUT2D eigenvalue weighted by Gasteiger charge is -2.28. The number of ether oxygens (including phenoxy) is 2. The summed E-state index contributed by atoms with van der Waals surface area (Å²) >= 11 is 0. The van der Waals surface area contributed by atoms with Crippen LogP contribution in [-0.2, 0) is 9.89 Å². The number of carbonyl (C=O) groups is 1. The monoisotopic (exact) mass is 344 g/mol. The Balaban J connectivity index is 2.39. The van der Waals surface area contributed by atoms with Crippen molar-refractivity contribution in [3.05, 3.63) is 58.7 Å². The highest BCUT2D eigenvalue weighted by atomic mass is 31.1. The first-order valence-electron chi connectivity index (χ1n) is 7.94. The van der Waals surface area contributed by atoms with Crippen LogP contribution in [0.15, 0.2) is 36.4 Å². The molecule has 0 amide bonds. The van der Waals surface area contributed by atoms with Crippen LogP contribution >= 0.6 is 8.58 Å². The van der Waals surface area contributed by atoms with E-state index < -0.39 is 0 Å². The van der Waals surface area contributed by atoms with Gasteiger partial charge in [0.05, 0.1) is 0 Å². The Kier molecular flexibility index (Phi) is 6.15. The van der Waals surface area contributed by atoms with E-state index in [1.165, 1.54) is 5.56 Å². The van der Waals surface area contributed by atoms with E-state index in [-0.39, 0.29) is 11.9 Å². The van der Waals surface area contributed by atoms with Gasteiger partial charge in [0.2, 0.25) is 0 Å². The van der Waals surface area contributed by atoms with Crippen molar-refractivity contribution >= 4 is 20.2 Å². The van der Waals surface area contributed by atoms with Gasteiger partial charge in [-0.3, -0.25) is 4.79 Å². The van der Waals surface area contributed by atoms with E-state index in [1.54, 1.807) is 7.11 Å². The molecule has 2 aromatic carbocycles. The second-order valence-corrected chi connectivity index (χ2v) is 8.55. The molecule has 2 rings (SSSR count). The lowest BCUT2D eigenvalue weighted by molar-refractivity contribution is 0.0501. The fraction of sp³-hybridized carbons (Fsp3) is 0.350. The van der Waals surface area contributed by atoms with E-state index in [0.29, 0.717) is 8.58 Å². The maximum Gasteiger partial charge on any atom is 0.188 e. The summed E-state index contributed by atoms with van der Waals surface area (Å²) < 4.78 is 10.8. The van der Waals surface area contributed by atoms with Gasteiger partial charge in [0, 0.05) is 23.4 Å². The lowest BCUT2D eigenvalue weighted by atomic mass is 9.99. The minimum atomic E-state index is -0.151. The number of hydrogen-bond donors (Lipinski definition) is 0. The molecule has 0 saturated carbocycles. The summed E-state index contributed by atoms with van der Waals surface area (Å²) in [4.78, 5) is 11.4. The van der Waals surface area contributed by atoms with E-state index >= 15 is 0 Å². The molecule has 0 fully saturated rings. The predicted octanol–water partition coefficient (Wildman–Crippen LogP) is 4.34. The molecule has 0 aromatic heterocycles. The molecule has 4 heteroatoms. The Morgan fingerprint density at radius 3 is 2.42 bits per heavy atom. The summed E-state index contributed by atoms with van der Waals surface area (Å²) in [5.41, 5.74) is 4.19. The summed E-state index contributed by atoms with van der Waals surface area (Å²) in [6.45, 7) is 8.68. The molecule has 128 valence electrons. The van der Waals surface area contributed by atoms with Gasteiger partial charge < -0.3 is 9.47 Å². The standard InChI is InChI=1S/C20H25O3P/c1-14-7-9-19(16(10-14)12-21)24-20(3,4)17-11-15(2)6-8-18(17)23-13-22-5/h6-12,24H,13H2,1-5H3. The van der Waals surface area contributed by atoms with Gasteiger partial charge in [-0.2, -0.15) is 0 Å². The SMILES string of the molecule is COCOc1ccc(C)cc1C(C)(C)Pc1ccc(C)cc1C=O. The van der Waals surface area contributed by atoms with Gasteiger partial charge >= 0.3 is 0 Å². The molecule has 3 nitrogen and oxygen atoms in total. The number of aldehydes is 1. The second-order valence-electron chi connectivity index (χ2n) is 6.51. The van der Waals surface area contributed by atoms with Crippen molar-refractivity contribution in [3.63, 3.8) is 0 Å². The summed E-state index contributed by atoms with van der Waals surface area (Å²) in [6, 6.07) is 12.3. The van der Waals surface area contributed by atoms with Gasteiger partial charge in [-0.05, 0) is 31.3 Å². The summed E-state index contributed by atoms with van der Waals surface area (Å²) in [7, 11) is 2.07. The van der Waals surface area contributed by atoms with E-state index in [9.17, 15) is 4.79 Å². The zero-order chi connectivity index (χ0) is 17.7. The molecule has 0 heterocycles. The van der Waals surface area contributed by atoms with Crippen LogP contribution in [0.5, 0.6) is 5.75 Å². The normalized spacial score (nSPS) is 11.9. The Bertz CT molecular complexity index is 723. The Morgan fingerprint density at radius 2 is 1.75 bits per heavy atom. The fourth-order valence-electron chi connectivity index (χ4n) is 2.68. The number of rotatable bonds is 7. The van der Waals surface area contributed by atoms with Gasteiger partial charge in [0.1, 0.15) is 5.75 Å². The molecule has 0 bridgehead atoms. The van der Waals surface area contributed by atoms with Crippen molar-refractivity contribution in [1.29, 1.82) is 0 Å². The van der Waals surface area contributed by atoms with Crippen LogP contribution in [0.4, 0.5) is 0 Å². The third-order valence-electron chi connectivity index (χ3n) is 3.92. The minimum absolute atomic E-state index is 0.151. The van der Waals surface area contributed by atoms with Gasteiger partial charge in [-0.1, -0.05) is 57.8 Å². The van der Waals surface area contributed by atoms with E-state index in [2.05, 4.69) is 39.0 Å². The molecule has 1 unspecified atom stereocenters. The fourth-order valence-corrected chi connectivity index (χ4v) is 4.12. The lowest BCUT2D eigenvalue weighted by Crippen LogP contribution is -2.19. The quantitative estimate of drug-likeness (QED) is 0.426. The van der Waals surface area contributed by atoms with Crippen molar-refractivity contribution in [1.82, 2.24) is 0 Å². The van der Waals surface area contributed by atoms with Crippen LogP contribution in [-0.4, -0.2) is 20.2 Å². The number of hydrogen-bond acceptors (Lipinski definition) is 3. The van der Waals surface area contributed by atoms with E-state index in [1.807, 2.05) is 25.1 Å². The van der Waals surface area contributed by atoms with E-state index in [4.69, 9.17) is 9.47 Å². The average molecular weight is 344 g/mol. The minimum Gasteiger partial charge on any atom is -0.467 e. The highest BCUT2D eigenvalue weighted by Gasteiger charge is 2.26. The van der Waals surface area contributed by atoms with Crippen molar-refractivity contribution in [2.24, 2.45) is 0 Å². The highest BCUT2D eigenvalue weighted by molar-refractivity contribution is 7.48. The summed E-state index contributed by atoms with van der Waals surface area (Å²) in [5, 5.41) is 0.932. The molecule has 0 aliphatic carbocycles. The first kappa shape index (κ1) is 18.6. The van der Waals surface area contributed by atoms with Gasteiger partial charge in [-0.15, -0.1) is 0 Å². The number of aryl methyl sites for hydroxylation is 2. The average Bonchev–Trinajstić information content (AvgIpc) is 2.55. The molecule has 0 aliphatic heterocycles. The van der Waals surface area contributed by atoms with Crippen molar-refractivity contribution in [3.8, 4) is 5.75 Å². The largest absolute Gasteiger partial charge is 0.467 e. The molecule has 1 atom stereocenters. The molecule has 2 aromatic rings. The Morgan fingerprint density at radius 1 is 1.08 bits per heavy atom. The van der Waals surface area contributed by atoms with Crippen molar-refractivity contribution in [2.45, 2.75) is 32.9 Å². The maximum atomic E-state index is 11.4. The second kappa shape index (κ2) is 7.92. The summed E-state index contributed by atoms with van der Waals surface area (Å²) in [6.07, 6.45) is 0.948. The Hall–Kier alpha value is -1.70. The highest BCUT2D eigenvalue weighted by Crippen LogP contribution is 2.45. The molecule has 24 heavy (non-hydrogen) atoms. The number of methoxy groups -OCH3 is 1.